The Labute approximate surface area is 204 Å². The molecule has 0 amide bonds. The van der Waals surface area contributed by atoms with Gasteiger partial charge in [-0.1, -0.05) is 63.3 Å². The molecule has 6 nitrogen and oxygen atoms in total. The number of carbonyl (C=O) groups is 1. The quantitative estimate of drug-likeness (QED) is 0.197. The van der Waals surface area contributed by atoms with Gasteiger partial charge in [-0.2, -0.15) is 0 Å². The van der Waals surface area contributed by atoms with Crippen molar-refractivity contribution in [2.45, 2.75) is 78.0 Å². The van der Waals surface area contributed by atoms with Gasteiger partial charge in [-0.05, 0) is 55.1 Å². The first-order valence-electron chi connectivity index (χ1n) is 12.6. The van der Waals surface area contributed by atoms with Crippen molar-refractivity contribution in [3.05, 3.63) is 64.7 Å². The Balaban J connectivity index is 1.71. The Kier molecular flexibility index (Phi) is 14.0. The summed E-state index contributed by atoms with van der Waals surface area (Å²) in [7, 11) is 0. The molecule has 2 rings (SSSR count). The first kappa shape index (κ1) is 27.8. The third-order valence-corrected chi connectivity index (χ3v) is 5.87. The normalized spacial score (nSPS) is 11.0. The van der Waals surface area contributed by atoms with Gasteiger partial charge in [0.05, 0.1) is 12.2 Å². The minimum Gasteiger partial charge on any atom is -0.508 e. The molecule has 0 bridgehead atoms. The molecule has 0 unspecified atom stereocenters. The van der Waals surface area contributed by atoms with Crippen LogP contribution in [0.2, 0.25) is 0 Å². The number of hydrogen-bond acceptors (Lipinski definition) is 6. The Morgan fingerprint density at radius 3 is 2.29 bits per heavy atom. The lowest BCUT2D eigenvalue weighted by atomic mass is 10.0. The summed E-state index contributed by atoms with van der Waals surface area (Å²) in [6.07, 6.45) is 9.37. The van der Waals surface area contributed by atoms with Crippen LogP contribution in [0.4, 0.5) is 0 Å². The van der Waals surface area contributed by atoms with Gasteiger partial charge in [-0.25, -0.2) is 4.79 Å². The van der Waals surface area contributed by atoms with Gasteiger partial charge in [0, 0.05) is 25.3 Å². The van der Waals surface area contributed by atoms with E-state index in [4.69, 9.17) is 9.47 Å². The molecule has 0 aromatic heterocycles. The number of aromatic hydroxyl groups is 1. The number of ether oxygens (including phenoxy) is 2. The van der Waals surface area contributed by atoms with Gasteiger partial charge in [0.2, 0.25) is 0 Å². The van der Waals surface area contributed by atoms with Crippen LogP contribution < -0.4 is 5.32 Å². The van der Waals surface area contributed by atoms with E-state index in [1.54, 1.807) is 30.3 Å². The molecule has 0 fully saturated rings. The smallest absolute Gasteiger partial charge is 0.338 e. The van der Waals surface area contributed by atoms with Crippen molar-refractivity contribution in [1.29, 1.82) is 0 Å². The Bertz CT molecular complexity index is 825. The van der Waals surface area contributed by atoms with Crippen LogP contribution in [0.25, 0.3) is 0 Å². The number of esters is 1. The molecule has 0 saturated heterocycles. The van der Waals surface area contributed by atoms with E-state index in [2.05, 4.69) is 12.2 Å². The van der Waals surface area contributed by atoms with Crippen LogP contribution in [0.5, 0.6) is 5.75 Å². The fourth-order valence-corrected chi connectivity index (χ4v) is 3.82. The number of rotatable bonds is 18. The maximum absolute atomic E-state index is 12.3. The van der Waals surface area contributed by atoms with Crippen LogP contribution >= 0.6 is 0 Å². The Morgan fingerprint density at radius 2 is 1.59 bits per heavy atom. The van der Waals surface area contributed by atoms with Crippen molar-refractivity contribution in [2.24, 2.45) is 0 Å². The van der Waals surface area contributed by atoms with Crippen LogP contribution in [-0.2, 0) is 29.2 Å². The molecular formula is C28H41NO5. The maximum Gasteiger partial charge on any atom is 0.338 e. The highest BCUT2D eigenvalue weighted by Gasteiger charge is 2.14. The summed E-state index contributed by atoms with van der Waals surface area (Å²) in [6.45, 7) is 5.06. The van der Waals surface area contributed by atoms with Crippen LogP contribution in [0.1, 0.15) is 85.3 Å². The molecule has 0 aliphatic carbocycles. The van der Waals surface area contributed by atoms with Crippen LogP contribution in [-0.4, -0.2) is 35.9 Å². The second-order valence-electron chi connectivity index (χ2n) is 8.57. The molecule has 3 N–H and O–H groups in total. The van der Waals surface area contributed by atoms with E-state index in [0.29, 0.717) is 17.7 Å². The lowest BCUT2D eigenvalue weighted by Crippen LogP contribution is -2.18. The molecular weight excluding hydrogens is 430 g/mol. The largest absolute Gasteiger partial charge is 0.508 e. The molecule has 0 aliphatic heterocycles. The molecule has 34 heavy (non-hydrogen) atoms. The highest BCUT2D eigenvalue weighted by atomic mass is 16.5. The van der Waals surface area contributed by atoms with Crippen molar-refractivity contribution < 1.29 is 24.5 Å². The molecule has 0 aliphatic rings. The molecule has 0 atom stereocenters. The summed E-state index contributed by atoms with van der Waals surface area (Å²) in [5.41, 5.74) is 2.51. The van der Waals surface area contributed by atoms with Crippen molar-refractivity contribution in [3.63, 3.8) is 0 Å². The fourth-order valence-electron chi connectivity index (χ4n) is 3.82. The lowest BCUT2D eigenvalue weighted by molar-refractivity contribution is 0.0471. The topological polar surface area (TPSA) is 88.0 Å². The van der Waals surface area contributed by atoms with E-state index in [1.165, 1.54) is 25.3 Å². The molecule has 0 spiro atoms. The summed E-state index contributed by atoms with van der Waals surface area (Å²) >= 11 is 0. The highest BCUT2D eigenvalue weighted by Crippen LogP contribution is 2.26. The Morgan fingerprint density at radius 1 is 0.882 bits per heavy atom. The van der Waals surface area contributed by atoms with Gasteiger partial charge < -0.3 is 25.0 Å². The maximum atomic E-state index is 12.3. The molecule has 0 saturated carbocycles. The number of aliphatic hydroxyl groups is 1. The predicted octanol–water partition coefficient (Wildman–Crippen LogP) is 5.49. The highest BCUT2D eigenvalue weighted by molar-refractivity contribution is 5.89. The van der Waals surface area contributed by atoms with Gasteiger partial charge in [0.15, 0.2) is 0 Å². The van der Waals surface area contributed by atoms with E-state index in [-0.39, 0.29) is 19.0 Å². The van der Waals surface area contributed by atoms with Gasteiger partial charge in [0.1, 0.15) is 12.4 Å². The number of aliphatic hydroxyl groups excluding tert-OH is 1. The zero-order valence-corrected chi connectivity index (χ0v) is 20.6. The standard InChI is InChI=1S/C28H41NO5/c1-2-3-4-11-18-33-19-12-6-5-10-17-29-20-25-24(15-16-27(31)26(25)21-30)22-34-28(32)23-13-8-7-9-14-23/h7-9,13-16,29-31H,2-6,10-12,17-22H2,1H3. The van der Waals surface area contributed by atoms with Crippen molar-refractivity contribution >= 4 is 5.97 Å². The number of carbonyl (C=O) groups excluding carboxylic acids is 1. The molecule has 2 aromatic carbocycles. The average Bonchev–Trinajstić information content (AvgIpc) is 2.86. The average molecular weight is 472 g/mol. The van der Waals surface area contributed by atoms with E-state index < -0.39 is 5.97 Å². The molecule has 2 aromatic rings. The van der Waals surface area contributed by atoms with E-state index in [0.717, 1.165) is 63.0 Å². The van der Waals surface area contributed by atoms with E-state index in [1.807, 2.05) is 6.07 Å². The molecule has 0 heterocycles. The van der Waals surface area contributed by atoms with E-state index >= 15 is 0 Å². The predicted molar refractivity (Wildman–Crippen MR) is 135 cm³/mol. The third kappa shape index (κ3) is 10.2. The first-order chi connectivity index (χ1) is 16.7. The summed E-state index contributed by atoms with van der Waals surface area (Å²) in [6, 6.07) is 12.1. The summed E-state index contributed by atoms with van der Waals surface area (Å²) in [5.74, 6) is -0.352. The third-order valence-electron chi connectivity index (χ3n) is 5.87. The van der Waals surface area contributed by atoms with Crippen molar-refractivity contribution in [2.75, 3.05) is 19.8 Å². The molecule has 188 valence electrons. The second-order valence-corrected chi connectivity index (χ2v) is 8.57. The number of hydrogen-bond donors (Lipinski definition) is 3. The van der Waals surface area contributed by atoms with Crippen LogP contribution in [0.3, 0.4) is 0 Å². The van der Waals surface area contributed by atoms with E-state index in [9.17, 15) is 15.0 Å². The monoisotopic (exact) mass is 471 g/mol. The molecule has 6 heteroatoms. The van der Waals surface area contributed by atoms with Gasteiger partial charge in [0.25, 0.3) is 0 Å². The van der Waals surface area contributed by atoms with Crippen LogP contribution in [0, 0.1) is 0 Å². The van der Waals surface area contributed by atoms with Crippen LogP contribution in [0.15, 0.2) is 42.5 Å². The minimum absolute atomic E-state index is 0.0483. The van der Waals surface area contributed by atoms with Gasteiger partial charge in [-0.15, -0.1) is 0 Å². The number of nitrogens with one attached hydrogen (secondary N) is 1. The number of unbranched alkanes of at least 4 members (excludes halogenated alkanes) is 6. The zero-order chi connectivity index (χ0) is 24.4. The van der Waals surface area contributed by atoms with Crippen molar-refractivity contribution in [3.8, 4) is 5.75 Å². The van der Waals surface area contributed by atoms with Crippen molar-refractivity contribution in [1.82, 2.24) is 5.32 Å². The molecule has 0 radical (unpaired) electrons. The first-order valence-corrected chi connectivity index (χ1v) is 12.6. The number of phenols is 1. The summed E-state index contributed by atoms with van der Waals surface area (Å²) in [5, 5.41) is 23.3. The fraction of sp³-hybridized carbons (Fsp3) is 0.536. The number of benzene rings is 2. The van der Waals surface area contributed by atoms with Gasteiger partial charge >= 0.3 is 5.97 Å². The lowest BCUT2D eigenvalue weighted by Gasteiger charge is -2.16. The zero-order valence-electron chi connectivity index (χ0n) is 20.6. The Hall–Kier alpha value is -2.41. The minimum atomic E-state index is -0.400. The SMILES string of the molecule is CCCCCCOCCCCCCNCc1c(COC(=O)c2ccccc2)ccc(O)c1CO. The van der Waals surface area contributed by atoms with Gasteiger partial charge in [-0.3, -0.25) is 0 Å². The second kappa shape index (κ2) is 17.1. The summed E-state index contributed by atoms with van der Waals surface area (Å²) in [4.78, 5) is 12.3. The summed E-state index contributed by atoms with van der Waals surface area (Å²) < 4.78 is 11.2.